The van der Waals surface area contributed by atoms with Gasteiger partial charge < -0.3 is 88.7 Å². The first kappa shape index (κ1) is 109. The van der Waals surface area contributed by atoms with Crippen molar-refractivity contribution in [2.75, 3.05) is 26.4 Å². The Kier molecular flexibility index (Phi) is 64.8. The van der Waals surface area contributed by atoms with Gasteiger partial charge in [0.15, 0.2) is 24.8 Å². The van der Waals surface area contributed by atoms with Crippen molar-refractivity contribution in [3.8, 4) is 0 Å². The smallest absolute Gasteiger partial charge is 0.463 e. The molecule has 2 heterocycles. The molecule has 117 heavy (non-hydrogen) atoms. The zero-order chi connectivity index (χ0) is 85.5. The Morgan fingerprint density at radius 1 is 0.333 bits per heavy atom. The average molecular weight is 1700 g/mol. The van der Waals surface area contributed by atoms with Crippen LogP contribution in [0.5, 0.6) is 0 Å². The molecule has 2 saturated heterocycles. The lowest BCUT2D eigenvalue weighted by atomic mass is 9.84. The van der Waals surface area contributed by atoms with Crippen LogP contribution in [-0.4, -0.2) is 205 Å². The summed E-state index contributed by atoms with van der Waals surface area (Å²) < 4.78 is 73.5. The molecule has 2 aliphatic heterocycles. The van der Waals surface area contributed by atoms with Gasteiger partial charge in [-0.15, -0.1) is 0 Å². The van der Waals surface area contributed by atoms with Crippen molar-refractivity contribution in [2.24, 2.45) is 5.92 Å². The van der Waals surface area contributed by atoms with Crippen LogP contribution in [0.4, 0.5) is 0 Å². The van der Waals surface area contributed by atoms with E-state index in [0.29, 0.717) is 38.0 Å². The molecule has 0 amide bonds. The monoisotopic (exact) mass is 1700 g/mol. The van der Waals surface area contributed by atoms with E-state index in [-0.39, 0.29) is 25.7 Å². The normalized spacial score (nSPS) is 25.3. The molecule has 19 atom stereocenters. The topological polar surface area (TPSA) is 380 Å². The van der Waals surface area contributed by atoms with Crippen LogP contribution in [-0.2, 0) is 70.7 Å². The first-order valence-corrected chi connectivity index (χ1v) is 49.2. The molecule has 1 saturated carbocycles. The van der Waals surface area contributed by atoms with Gasteiger partial charge in [-0.2, -0.15) is 0 Å². The number of esters is 4. The Hall–Kier alpha value is -2.53. The van der Waals surface area contributed by atoms with Gasteiger partial charge in [-0.1, -0.05) is 369 Å². The van der Waals surface area contributed by atoms with Gasteiger partial charge >= 0.3 is 31.7 Å². The number of aliphatic hydroxyl groups is 9. The number of carbonyl (C=O) groups is 4. The summed E-state index contributed by atoms with van der Waals surface area (Å²) in [7, 11) is -5.80. The van der Waals surface area contributed by atoms with Crippen LogP contribution >= 0.6 is 7.82 Å². The number of aliphatic hydroxyl groups excluding tert-OH is 9. The van der Waals surface area contributed by atoms with Crippen LogP contribution in [0.2, 0.25) is 0 Å². The highest BCUT2D eigenvalue weighted by Crippen LogP contribution is 2.49. The molecule has 1 aliphatic carbocycles. The first-order chi connectivity index (χ1) is 56.6. The largest absolute Gasteiger partial charge is 0.472 e. The maximum Gasteiger partial charge on any atom is 0.472 e. The lowest BCUT2D eigenvalue weighted by molar-refractivity contribution is -0.360. The molecule has 3 fully saturated rings. The average Bonchev–Trinajstić information content (AvgIpc) is 0.753. The molecule has 690 valence electrons. The summed E-state index contributed by atoms with van der Waals surface area (Å²) in [4.78, 5) is 66.5. The van der Waals surface area contributed by atoms with E-state index < -0.39 is 162 Å². The minimum atomic E-state index is -5.80. The number of phosphoric acid groups is 1. The molecule has 19 unspecified atom stereocenters. The van der Waals surface area contributed by atoms with Crippen molar-refractivity contribution in [3.63, 3.8) is 0 Å². The van der Waals surface area contributed by atoms with Crippen molar-refractivity contribution >= 4 is 31.7 Å². The van der Waals surface area contributed by atoms with Gasteiger partial charge in [-0.3, -0.25) is 28.2 Å². The Labute approximate surface area is 706 Å². The highest BCUT2D eigenvalue weighted by Gasteiger charge is 2.60. The summed E-state index contributed by atoms with van der Waals surface area (Å²) in [5, 5.41) is 102. The van der Waals surface area contributed by atoms with Crippen molar-refractivity contribution in [1.82, 2.24) is 0 Å². The third kappa shape index (κ3) is 50.3. The maximum absolute atomic E-state index is 14.9. The number of hydrogen-bond donors (Lipinski definition) is 10. The number of unbranched alkanes of at least 4 members (excludes halogenated alkanes) is 49. The summed E-state index contributed by atoms with van der Waals surface area (Å²) in [5.41, 5.74) is 0. The van der Waals surface area contributed by atoms with E-state index in [0.717, 1.165) is 128 Å². The molecule has 0 radical (unpaired) electrons. The minimum Gasteiger partial charge on any atom is -0.463 e. The standard InChI is InChI=1S/C91H171O25P/c1-6-10-14-18-22-25-28-31-32-33-36-37-40-43-50-56-62-74(93)107-67-71(110-76(95)64-58-52-44-41-38-34-29-26-23-19-15-11-7-2)68-109-117(105,106)116-89-87(114-90-84(103)80(99)78(97)72(66-92)111-90)83(102)82(101)86(113-77(96)65-59-53-45-42-39-35-30-27-24-20-16-12-8-3)88(89)115-91-85(104)81(100)79(98)73(112-91)69-108-75(94)63-57-51-47-46-49-55-61-70(5)60-54-48-21-17-13-9-4/h70-73,78-92,97-104H,6-69H2,1-5H3,(H,105,106). The third-order valence-electron chi connectivity index (χ3n) is 23.8. The van der Waals surface area contributed by atoms with Crippen LogP contribution in [0, 0.1) is 5.92 Å². The fourth-order valence-electron chi connectivity index (χ4n) is 16.1. The van der Waals surface area contributed by atoms with Crippen molar-refractivity contribution in [3.05, 3.63) is 0 Å². The Morgan fingerprint density at radius 3 is 1.02 bits per heavy atom. The van der Waals surface area contributed by atoms with Gasteiger partial charge in [0.1, 0.15) is 92.6 Å². The van der Waals surface area contributed by atoms with Gasteiger partial charge in [0.25, 0.3) is 0 Å². The molecule has 3 rings (SSSR count). The van der Waals surface area contributed by atoms with E-state index in [1.807, 2.05) is 0 Å². The SMILES string of the molecule is CCCCCCCCCCCCCCCCCCC(=O)OCC(COP(=O)(O)OC1C(OC2OC(CO)C(O)C(O)C2O)C(O)C(O)C(OC(=O)CCCCCCCCCCCCCCC)C1OC1OC(COC(=O)CCCCCCCCC(C)CCCCCCCC)C(O)C(O)C1O)OC(=O)CCCCCCCCCCCCCCC. The molecular weight excluding hydrogens is 1520 g/mol. The van der Waals surface area contributed by atoms with Gasteiger partial charge in [0.05, 0.1) is 13.2 Å². The van der Waals surface area contributed by atoms with Crippen LogP contribution in [0.15, 0.2) is 0 Å². The summed E-state index contributed by atoms with van der Waals surface area (Å²) >= 11 is 0. The van der Waals surface area contributed by atoms with E-state index in [2.05, 4.69) is 34.6 Å². The summed E-state index contributed by atoms with van der Waals surface area (Å²) in [6, 6.07) is 0. The predicted octanol–water partition coefficient (Wildman–Crippen LogP) is 17.6. The van der Waals surface area contributed by atoms with E-state index in [1.54, 1.807) is 0 Å². The molecule has 26 heteroatoms. The zero-order valence-electron chi connectivity index (χ0n) is 73.7. The van der Waals surface area contributed by atoms with Gasteiger partial charge in [-0.05, 0) is 31.6 Å². The second kappa shape index (κ2) is 69.7. The fourth-order valence-corrected chi connectivity index (χ4v) is 17.1. The second-order valence-electron chi connectivity index (χ2n) is 34.5. The van der Waals surface area contributed by atoms with Gasteiger partial charge in [-0.25, -0.2) is 4.57 Å². The number of ether oxygens (including phenoxy) is 8. The fraction of sp³-hybridized carbons (Fsp3) is 0.956. The number of phosphoric ester groups is 1. The zero-order valence-corrected chi connectivity index (χ0v) is 74.6. The molecule has 0 bridgehead atoms. The van der Waals surface area contributed by atoms with Crippen LogP contribution in [0.25, 0.3) is 0 Å². The minimum absolute atomic E-state index is 0.0173. The van der Waals surface area contributed by atoms with Crippen molar-refractivity contribution in [1.29, 1.82) is 0 Å². The van der Waals surface area contributed by atoms with E-state index >= 15 is 0 Å². The van der Waals surface area contributed by atoms with Gasteiger partial charge in [0.2, 0.25) is 0 Å². The van der Waals surface area contributed by atoms with Crippen LogP contribution in [0.3, 0.4) is 0 Å². The Bertz CT molecular complexity index is 2450. The number of rotatable bonds is 77. The Balaban J connectivity index is 1.91. The summed E-state index contributed by atoms with van der Waals surface area (Å²) in [5.74, 6) is -2.26. The summed E-state index contributed by atoms with van der Waals surface area (Å²) in [6.07, 6.45) is 25.3. The Morgan fingerprint density at radius 2 is 0.641 bits per heavy atom. The van der Waals surface area contributed by atoms with E-state index in [1.165, 1.54) is 199 Å². The lowest BCUT2D eigenvalue weighted by Gasteiger charge is -2.50. The quantitative estimate of drug-likeness (QED) is 0.0117. The molecule has 0 spiro atoms. The van der Waals surface area contributed by atoms with Crippen LogP contribution < -0.4 is 0 Å². The molecule has 0 aromatic rings. The third-order valence-corrected chi connectivity index (χ3v) is 24.7. The molecule has 0 aromatic carbocycles. The highest BCUT2D eigenvalue weighted by molar-refractivity contribution is 7.47. The summed E-state index contributed by atoms with van der Waals surface area (Å²) in [6.45, 7) is 7.95. The van der Waals surface area contributed by atoms with Crippen LogP contribution in [0.1, 0.15) is 420 Å². The molecule has 0 aromatic heterocycles. The van der Waals surface area contributed by atoms with Crippen molar-refractivity contribution in [2.45, 2.75) is 524 Å². The lowest BCUT2D eigenvalue weighted by Crippen LogP contribution is -2.70. The molecule has 10 N–H and O–H groups in total. The molecular formula is C91H171O25P. The highest BCUT2D eigenvalue weighted by atomic mass is 31.2. The molecule has 25 nitrogen and oxygen atoms in total. The number of carbonyl (C=O) groups excluding carboxylic acids is 4. The first-order valence-electron chi connectivity index (χ1n) is 47.7. The van der Waals surface area contributed by atoms with E-state index in [4.69, 9.17) is 46.9 Å². The predicted molar refractivity (Wildman–Crippen MR) is 453 cm³/mol. The van der Waals surface area contributed by atoms with Crippen molar-refractivity contribution < 1.29 is 122 Å². The van der Waals surface area contributed by atoms with E-state index in [9.17, 15) is 74.6 Å². The second-order valence-corrected chi connectivity index (χ2v) is 35.9. The molecule has 3 aliphatic rings. The number of hydrogen-bond acceptors (Lipinski definition) is 24. The van der Waals surface area contributed by atoms with Gasteiger partial charge in [0, 0.05) is 25.7 Å². The maximum atomic E-state index is 14.9.